The van der Waals surface area contributed by atoms with Crippen LogP contribution in [0.25, 0.3) is 22.3 Å². The molecule has 116 valence electrons. The standard InChI is InChI=1S/C20H18O3/c1-22-19-7-3-14(4-8-19)16-11-17(13-18(21)12-16)15-5-9-20(23-2)10-6-15/h3-13,21H,1-2H3. The minimum absolute atomic E-state index is 0.240. The second-order valence-electron chi connectivity index (χ2n) is 5.23. The van der Waals surface area contributed by atoms with E-state index in [1.54, 1.807) is 26.4 Å². The first-order valence-corrected chi connectivity index (χ1v) is 7.32. The average molecular weight is 306 g/mol. The normalized spacial score (nSPS) is 10.3. The van der Waals surface area contributed by atoms with Gasteiger partial charge in [0.05, 0.1) is 14.2 Å². The Labute approximate surface area is 135 Å². The first kappa shape index (κ1) is 15.0. The largest absolute Gasteiger partial charge is 0.508 e. The summed E-state index contributed by atoms with van der Waals surface area (Å²) < 4.78 is 10.4. The second-order valence-corrected chi connectivity index (χ2v) is 5.23. The lowest BCUT2D eigenvalue weighted by molar-refractivity contribution is 0.415. The number of hydrogen-bond donors (Lipinski definition) is 1. The smallest absolute Gasteiger partial charge is 0.118 e. The van der Waals surface area contributed by atoms with Gasteiger partial charge in [-0.15, -0.1) is 0 Å². The number of aromatic hydroxyl groups is 1. The van der Waals surface area contributed by atoms with E-state index in [2.05, 4.69) is 6.07 Å². The molecular weight excluding hydrogens is 288 g/mol. The molecular formula is C20H18O3. The van der Waals surface area contributed by atoms with E-state index in [1.165, 1.54) is 0 Å². The summed E-state index contributed by atoms with van der Waals surface area (Å²) in [4.78, 5) is 0. The van der Waals surface area contributed by atoms with E-state index in [0.29, 0.717) is 0 Å². The van der Waals surface area contributed by atoms with Crippen molar-refractivity contribution < 1.29 is 14.6 Å². The van der Waals surface area contributed by atoms with Gasteiger partial charge in [0.15, 0.2) is 0 Å². The zero-order chi connectivity index (χ0) is 16.2. The number of hydrogen-bond acceptors (Lipinski definition) is 3. The molecule has 0 aromatic heterocycles. The van der Waals surface area contributed by atoms with Crippen LogP contribution in [0, 0.1) is 0 Å². The first-order chi connectivity index (χ1) is 11.2. The molecule has 0 aliphatic rings. The molecule has 0 heterocycles. The molecule has 1 N–H and O–H groups in total. The van der Waals surface area contributed by atoms with E-state index in [0.717, 1.165) is 33.8 Å². The van der Waals surface area contributed by atoms with Crippen molar-refractivity contribution >= 4 is 0 Å². The monoisotopic (exact) mass is 306 g/mol. The third-order valence-corrected chi connectivity index (χ3v) is 3.76. The number of methoxy groups -OCH3 is 2. The van der Waals surface area contributed by atoms with Crippen molar-refractivity contribution in [3.8, 4) is 39.5 Å². The maximum Gasteiger partial charge on any atom is 0.118 e. The molecule has 3 aromatic rings. The molecule has 0 saturated heterocycles. The van der Waals surface area contributed by atoms with Crippen molar-refractivity contribution in [2.24, 2.45) is 0 Å². The Morgan fingerprint density at radius 1 is 0.565 bits per heavy atom. The van der Waals surface area contributed by atoms with Gasteiger partial charge in [-0.1, -0.05) is 24.3 Å². The van der Waals surface area contributed by atoms with Gasteiger partial charge in [0.2, 0.25) is 0 Å². The Kier molecular flexibility index (Phi) is 4.20. The molecule has 0 spiro atoms. The fourth-order valence-electron chi connectivity index (χ4n) is 2.51. The van der Waals surface area contributed by atoms with E-state index in [1.807, 2.05) is 48.5 Å². The first-order valence-electron chi connectivity index (χ1n) is 7.32. The highest BCUT2D eigenvalue weighted by atomic mass is 16.5. The Morgan fingerprint density at radius 2 is 0.957 bits per heavy atom. The quantitative estimate of drug-likeness (QED) is 0.756. The molecule has 3 nitrogen and oxygen atoms in total. The summed E-state index contributed by atoms with van der Waals surface area (Å²) in [5, 5.41) is 10.1. The summed E-state index contributed by atoms with van der Waals surface area (Å²) in [7, 11) is 3.29. The molecule has 0 fully saturated rings. The lowest BCUT2D eigenvalue weighted by Gasteiger charge is -2.09. The van der Waals surface area contributed by atoms with Crippen LogP contribution in [0.1, 0.15) is 0 Å². The zero-order valence-corrected chi connectivity index (χ0v) is 13.1. The van der Waals surface area contributed by atoms with Gasteiger partial charge in [-0.2, -0.15) is 0 Å². The van der Waals surface area contributed by atoms with E-state index in [-0.39, 0.29) is 5.75 Å². The lowest BCUT2D eigenvalue weighted by Crippen LogP contribution is -1.85. The zero-order valence-electron chi connectivity index (χ0n) is 13.1. The Bertz CT molecular complexity index is 724. The highest BCUT2D eigenvalue weighted by Crippen LogP contribution is 2.32. The molecule has 0 amide bonds. The number of benzene rings is 3. The number of rotatable bonds is 4. The predicted octanol–water partition coefficient (Wildman–Crippen LogP) is 4.74. The van der Waals surface area contributed by atoms with E-state index < -0.39 is 0 Å². The highest BCUT2D eigenvalue weighted by Gasteiger charge is 2.06. The topological polar surface area (TPSA) is 38.7 Å². The van der Waals surface area contributed by atoms with Crippen LogP contribution in [0.15, 0.2) is 66.7 Å². The molecule has 0 saturated carbocycles. The summed E-state index contributed by atoms with van der Waals surface area (Å²) in [6.07, 6.45) is 0. The van der Waals surface area contributed by atoms with Crippen LogP contribution in [0.3, 0.4) is 0 Å². The van der Waals surface area contributed by atoms with Crippen LogP contribution >= 0.6 is 0 Å². The highest BCUT2D eigenvalue weighted by molar-refractivity contribution is 5.75. The molecule has 0 atom stereocenters. The number of phenols is 1. The van der Waals surface area contributed by atoms with Gasteiger partial charge in [-0.05, 0) is 64.7 Å². The van der Waals surface area contributed by atoms with Crippen LogP contribution in [0.5, 0.6) is 17.2 Å². The summed E-state index contributed by atoms with van der Waals surface area (Å²) in [5.41, 5.74) is 3.96. The summed E-state index contributed by atoms with van der Waals surface area (Å²) >= 11 is 0. The maximum atomic E-state index is 10.1. The molecule has 0 aliphatic carbocycles. The minimum atomic E-state index is 0.240. The van der Waals surface area contributed by atoms with Crippen molar-refractivity contribution in [1.29, 1.82) is 0 Å². The van der Waals surface area contributed by atoms with Gasteiger partial charge in [-0.3, -0.25) is 0 Å². The molecule has 0 bridgehead atoms. The molecule has 23 heavy (non-hydrogen) atoms. The SMILES string of the molecule is COc1ccc(-c2cc(O)cc(-c3ccc(OC)cc3)c2)cc1. The van der Waals surface area contributed by atoms with Crippen LogP contribution in [0.4, 0.5) is 0 Å². The van der Waals surface area contributed by atoms with Gasteiger partial charge in [-0.25, -0.2) is 0 Å². The summed E-state index contributed by atoms with van der Waals surface area (Å²) in [5.74, 6) is 1.86. The second kappa shape index (κ2) is 6.44. The van der Waals surface area contributed by atoms with Crippen LogP contribution in [0.2, 0.25) is 0 Å². The summed E-state index contributed by atoms with van der Waals surface area (Å²) in [6.45, 7) is 0. The van der Waals surface area contributed by atoms with Crippen molar-refractivity contribution in [2.75, 3.05) is 14.2 Å². The minimum Gasteiger partial charge on any atom is -0.508 e. The number of phenolic OH excluding ortho intramolecular Hbond substituents is 1. The van der Waals surface area contributed by atoms with E-state index >= 15 is 0 Å². The lowest BCUT2D eigenvalue weighted by atomic mass is 9.98. The van der Waals surface area contributed by atoms with Gasteiger partial charge in [0.25, 0.3) is 0 Å². The van der Waals surface area contributed by atoms with E-state index in [9.17, 15) is 5.11 Å². The predicted molar refractivity (Wildman–Crippen MR) is 92.1 cm³/mol. The molecule has 3 heteroatoms. The molecule has 3 aromatic carbocycles. The van der Waals surface area contributed by atoms with Crippen LogP contribution in [-0.4, -0.2) is 19.3 Å². The van der Waals surface area contributed by atoms with Gasteiger partial charge in [0.1, 0.15) is 17.2 Å². The van der Waals surface area contributed by atoms with Crippen LogP contribution in [-0.2, 0) is 0 Å². The molecule has 3 rings (SSSR count). The number of ether oxygens (including phenoxy) is 2. The summed E-state index contributed by atoms with van der Waals surface area (Å²) in [6, 6.07) is 21.1. The Morgan fingerprint density at radius 3 is 1.30 bits per heavy atom. The molecule has 0 aliphatic heterocycles. The van der Waals surface area contributed by atoms with Crippen molar-refractivity contribution in [3.63, 3.8) is 0 Å². The van der Waals surface area contributed by atoms with Gasteiger partial charge in [0, 0.05) is 0 Å². The molecule has 0 radical (unpaired) electrons. The van der Waals surface area contributed by atoms with E-state index in [4.69, 9.17) is 9.47 Å². The van der Waals surface area contributed by atoms with Crippen molar-refractivity contribution in [1.82, 2.24) is 0 Å². The van der Waals surface area contributed by atoms with Gasteiger partial charge >= 0.3 is 0 Å². The molecule has 0 unspecified atom stereocenters. The Balaban J connectivity index is 2.00. The third-order valence-electron chi connectivity index (χ3n) is 3.76. The average Bonchev–Trinajstić information content (AvgIpc) is 2.61. The third kappa shape index (κ3) is 3.29. The fraction of sp³-hybridized carbons (Fsp3) is 0.100. The van der Waals surface area contributed by atoms with Crippen LogP contribution < -0.4 is 9.47 Å². The Hall–Kier alpha value is -2.94. The van der Waals surface area contributed by atoms with Crippen molar-refractivity contribution in [3.05, 3.63) is 66.7 Å². The maximum absolute atomic E-state index is 10.1. The van der Waals surface area contributed by atoms with Gasteiger partial charge < -0.3 is 14.6 Å². The van der Waals surface area contributed by atoms with Crippen molar-refractivity contribution in [2.45, 2.75) is 0 Å². The fourth-order valence-corrected chi connectivity index (χ4v) is 2.51.